The minimum Gasteiger partial charge on any atom is -0.333 e. The van der Waals surface area contributed by atoms with E-state index < -0.39 is 0 Å². The van der Waals surface area contributed by atoms with Crippen molar-refractivity contribution >= 4 is 0 Å². The SMILES string of the molecule is c1cn([C@H]2CCCNC2)cn1. The summed E-state index contributed by atoms with van der Waals surface area (Å²) in [4.78, 5) is 4.03. The smallest absolute Gasteiger partial charge is 0.0948 e. The molecule has 2 rings (SSSR count). The summed E-state index contributed by atoms with van der Waals surface area (Å²) >= 11 is 0. The van der Waals surface area contributed by atoms with Gasteiger partial charge < -0.3 is 9.88 Å². The van der Waals surface area contributed by atoms with Crippen LogP contribution in [0.5, 0.6) is 0 Å². The number of piperidine rings is 1. The molecule has 0 saturated carbocycles. The lowest BCUT2D eigenvalue weighted by atomic mass is 10.1. The van der Waals surface area contributed by atoms with Crippen molar-refractivity contribution in [1.29, 1.82) is 0 Å². The third kappa shape index (κ3) is 1.43. The Bertz CT molecular complexity index is 199. The largest absolute Gasteiger partial charge is 0.333 e. The third-order valence-corrected chi connectivity index (χ3v) is 2.22. The molecule has 1 aromatic rings. The fourth-order valence-corrected chi connectivity index (χ4v) is 1.57. The third-order valence-electron chi connectivity index (χ3n) is 2.22. The molecule has 0 radical (unpaired) electrons. The maximum Gasteiger partial charge on any atom is 0.0948 e. The summed E-state index contributed by atoms with van der Waals surface area (Å²) in [6, 6.07) is 0.631. The molecule has 11 heavy (non-hydrogen) atoms. The van der Waals surface area contributed by atoms with Gasteiger partial charge in [0.1, 0.15) is 0 Å². The highest BCUT2D eigenvalue weighted by Crippen LogP contribution is 2.14. The Labute approximate surface area is 66.4 Å². The average molecular weight is 151 g/mol. The first-order valence-electron chi connectivity index (χ1n) is 4.15. The van der Waals surface area contributed by atoms with Crippen molar-refractivity contribution in [2.24, 2.45) is 0 Å². The van der Waals surface area contributed by atoms with Crippen molar-refractivity contribution in [3.63, 3.8) is 0 Å². The van der Waals surface area contributed by atoms with Crippen LogP contribution in [-0.2, 0) is 0 Å². The molecule has 1 aliphatic rings. The van der Waals surface area contributed by atoms with Crippen LogP contribution in [0, 0.1) is 0 Å². The first-order chi connectivity index (χ1) is 5.47. The molecule has 1 fully saturated rings. The number of nitrogens with zero attached hydrogens (tertiary/aromatic N) is 2. The summed E-state index contributed by atoms with van der Waals surface area (Å²) in [5.41, 5.74) is 0. The molecule has 2 heterocycles. The predicted octanol–water partition coefficient (Wildman–Crippen LogP) is 0.808. The summed E-state index contributed by atoms with van der Waals surface area (Å²) in [6.07, 6.45) is 8.34. The zero-order chi connectivity index (χ0) is 7.52. The van der Waals surface area contributed by atoms with E-state index in [9.17, 15) is 0 Å². The van der Waals surface area contributed by atoms with Gasteiger partial charge in [-0.15, -0.1) is 0 Å². The zero-order valence-electron chi connectivity index (χ0n) is 6.53. The molecule has 60 valence electrons. The lowest BCUT2D eigenvalue weighted by Gasteiger charge is -2.23. The zero-order valence-corrected chi connectivity index (χ0v) is 6.53. The predicted molar refractivity (Wildman–Crippen MR) is 43.4 cm³/mol. The molecule has 0 spiro atoms. The van der Waals surface area contributed by atoms with Crippen LogP contribution in [0.15, 0.2) is 18.7 Å². The summed E-state index contributed by atoms with van der Waals surface area (Å²) in [6.45, 7) is 2.27. The van der Waals surface area contributed by atoms with Crippen LogP contribution in [0.25, 0.3) is 0 Å². The number of aromatic nitrogens is 2. The van der Waals surface area contributed by atoms with E-state index in [1.54, 1.807) is 0 Å². The normalized spacial score (nSPS) is 25.3. The second kappa shape index (κ2) is 3.05. The standard InChI is InChI=1S/C8H13N3/c1-2-8(6-9-3-1)11-5-4-10-7-11/h4-5,7-9H,1-3,6H2/t8-/m0/s1. The molecule has 1 aliphatic heterocycles. The topological polar surface area (TPSA) is 29.9 Å². The molecule has 3 nitrogen and oxygen atoms in total. The van der Waals surface area contributed by atoms with E-state index in [0.29, 0.717) is 6.04 Å². The molecule has 1 N–H and O–H groups in total. The Balaban J connectivity index is 2.04. The van der Waals surface area contributed by atoms with Gasteiger partial charge in [-0.3, -0.25) is 0 Å². The Morgan fingerprint density at radius 2 is 2.55 bits per heavy atom. The van der Waals surface area contributed by atoms with E-state index in [1.165, 1.54) is 19.4 Å². The summed E-state index contributed by atoms with van der Waals surface area (Å²) < 4.78 is 2.19. The van der Waals surface area contributed by atoms with Crippen molar-refractivity contribution in [2.45, 2.75) is 18.9 Å². The van der Waals surface area contributed by atoms with E-state index in [1.807, 2.05) is 18.7 Å². The van der Waals surface area contributed by atoms with Gasteiger partial charge >= 0.3 is 0 Å². The fourth-order valence-electron chi connectivity index (χ4n) is 1.57. The van der Waals surface area contributed by atoms with E-state index in [-0.39, 0.29) is 0 Å². The lowest BCUT2D eigenvalue weighted by molar-refractivity contribution is 0.371. The van der Waals surface area contributed by atoms with Gasteiger partial charge in [0.15, 0.2) is 0 Å². The first-order valence-corrected chi connectivity index (χ1v) is 4.15. The maximum absolute atomic E-state index is 4.03. The van der Waals surface area contributed by atoms with Crippen molar-refractivity contribution in [3.8, 4) is 0 Å². The van der Waals surface area contributed by atoms with Crippen LogP contribution in [0.2, 0.25) is 0 Å². The number of rotatable bonds is 1. The fraction of sp³-hybridized carbons (Fsp3) is 0.625. The average Bonchev–Trinajstić information content (AvgIpc) is 2.58. The monoisotopic (exact) mass is 151 g/mol. The van der Waals surface area contributed by atoms with Crippen molar-refractivity contribution in [2.75, 3.05) is 13.1 Å². The van der Waals surface area contributed by atoms with Gasteiger partial charge in [-0.1, -0.05) is 0 Å². The Morgan fingerprint density at radius 3 is 3.18 bits per heavy atom. The van der Waals surface area contributed by atoms with Crippen LogP contribution < -0.4 is 5.32 Å². The molecule has 0 unspecified atom stereocenters. The highest BCUT2D eigenvalue weighted by atomic mass is 15.1. The van der Waals surface area contributed by atoms with Crippen LogP contribution in [0.1, 0.15) is 18.9 Å². The van der Waals surface area contributed by atoms with Gasteiger partial charge in [-0.05, 0) is 19.4 Å². The molecule has 0 bridgehead atoms. The number of hydrogen-bond donors (Lipinski definition) is 1. The van der Waals surface area contributed by atoms with E-state index >= 15 is 0 Å². The molecule has 0 amide bonds. The van der Waals surface area contributed by atoms with E-state index in [0.717, 1.165) is 6.54 Å². The number of nitrogens with one attached hydrogen (secondary N) is 1. The van der Waals surface area contributed by atoms with Crippen LogP contribution in [0.4, 0.5) is 0 Å². The molecule has 1 atom stereocenters. The van der Waals surface area contributed by atoms with Crippen LogP contribution >= 0.6 is 0 Å². The maximum atomic E-state index is 4.03. The Morgan fingerprint density at radius 1 is 1.55 bits per heavy atom. The minimum atomic E-state index is 0.631. The second-order valence-electron chi connectivity index (χ2n) is 3.01. The first kappa shape index (κ1) is 6.85. The van der Waals surface area contributed by atoms with Crippen molar-refractivity contribution < 1.29 is 0 Å². The molecule has 0 aromatic carbocycles. The Kier molecular flexibility index (Phi) is 1.90. The lowest BCUT2D eigenvalue weighted by Crippen LogP contribution is -2.31. The summed E-state index contributed by atoms with van der Waals surface area (Å²) in [5.74, 6) is 0. The van der Waals surface area contributed by atoms with Gasteiger partial charge in [0.2, 0.25) is 0 Å². The van der Waals surface area contributed by atoms with Crippen LogP contribution in [-0.4, -0.2) is 22.6 Å². The molecule has 1 aromatic heterocycles. The number of imidazole rings is 1. The quantitative estimate of drug-likeness (QED) is 0.643. The van der Waals surface area contributed by atoms with E-state index in [4.69, 9.17) is 0 Å². The molecule has 1 saturated heterocycles. The van der Waals surface area contributed by atoms with Gasteiger partial charge in [0.25, 0.3) is 0 Å². The van der Waals surface area contributed by atoms with Gasteiger partial charge in [-0.2, -0.15) is 0 Å². The highest BCUT2D eigenvalue weighted by Gasteiger charge is 2.12. The molecular weight excluding hydrogens is 138 g/mol. The highest BCUT2D eigenvalue weighted by molar-refractivity contribution is 4.83. The van der Waals surface area contributed by atoms with Gasteiger partial charge in [0, 0.05) is 25.0 Å². The second-order valence-corrected chi connectivity index (χ2v) is 3.01. The van der Waals surface area contributed by atoms with Crippen molar-refractivity contribution in [3.05, 3.63) is 18.7 Å². The number of hydrogen-bond acceptors (Lipinski definition) is 2. The molecule has 3 heteroatoms. The minimum absolute atomic E-state index is 0.631. The van der Waals surface area contributed by atoms with Gasteiger partial charge in [-0.25, -0.2) is 4.98 Å². The summed E-state index contributed by atoms with van der Waals surface area (Å²) in [5, 5.41) is 3.37. The van der Waals surface area contributed by atoms with Crippen LogP contribution in [0.3, 0.4) is 0 Å². The van der Waals surface area contributed by atoms with Gasteiger partial charge in [0.05, 0.1) is 6.33 Å². The summed E-state index contributed by atoms with van der Waals surface area (Å²) in [7, 11) is 0. The van der Waals surface area contributed by atoms with Crippen molar-refractivity contribution in [1.82, 2.24) is 14.9 Å². The molecular formula is C8H13N3. The Hall–Kier alpha value is -0.830. The molecule has 0 aliphatic carbocycles. The van der Waals surface area contributed by atoms with E-state index in [2.05, 4.69) is 14.9 Å².